The molecule has 0 saturated carbocycles. The summed E-state index contributed by atoms with van der Waals surface area (Å²) in [5.74, 6) is -0.497. The van der Waals surface area contributed by atoms with E-state index in [0.717, 1.165) is 32.9 Å². The van der Waals surface area contributed by atoms with Crippen LogP contribution < -0.4 is 5.56 Å². The molecule has 2 aromatic carbocycles. The quantitative estimate of drug-likeness (QED) is 0.252. The van der Waals surface area contributed by atoms with Crippen molar-refractivity contribution in [3.8, 4) is 34.2 Å². The Morgan fingerprint density at radius 1 is 1.00 bits per heavy atom. The number of hydrogen-bond donors (Lipinski definition) is 1. The summed E-state index contributed by atoms with van der Waals surface area (Å²) in [7, 11) is 0. The molecule has 0 unspecified atom stereocenters. The van der Waals surface area contributed by atoms with Gasteiger partial charge in [-0.2, -0.15) is 4.98 Å². The first-order valence-electron chi connectivity index (χ1n) is 12.9. The van der Waals surface area contributed by atoms with Gasteiger partial charge in [0.1, 0.15) is 11.5 Å². The second-order valence-electron chi connectivity index (χ2n) is 9.44. The third kappa shape index (κ3) is 5.00. The van der Waals surface area contributed by atoms with Crippen molar-refractivity contribution < 1.29 is 9.50 Å². The topological polar surface area (TPSA) is 80.9 Å². The number of rotatable bonds is 7. The molecule has 5 rings (SSSR count). The molecule has 0 aliphatic heterocycles. The zero-order chi connectivity index (χ0) is 27.7. The molecular weight excluding hydrogens is 511 g/mol. The Morgan fingerprint density at radius 2 is 1.74 bits per heavy atom. The number of aromatic hydroxyl groups is 1. The third-order valence-corrected chi connectivity index (χ3v) is 7.69. The normalized spacial score (nSPS) is 11.2. The average molecular weight is 541 g/mol. The van der Waals surface area contributed by atoms with Crippen molar-refractivity contribution in [1.29, 1.82) is 0 Å². The second-order valence-corrected chi connectivity index (χ2v) is 10.5. The van der Waals surface area contributed by atoms with Gasteiger partial charge in [-0.15, -0.1) is 11.3 Å². The van der Waals surface area contributed by atoms with Crippen molar-refractivity contribution in [3.05, 3.63) is 109 Å². The van der Waals surface area contributed by atoms with Crippen molar-refractivity contribution in [3.63, 3.8) is 0 Å². The summed E-state index contributed by atoms with van der Waals surface area (Å²) in [5.41, 5.74) is 5.60. The summed E-state index contributed by atoms with van der Waals surface area (Å²) in [6.07, 6.45) is 4.77. The van der Waals surface area contributed by atoms with Gasteiger partial charge in [0.2, 0.25) is 5.88 Å². The highest BCUT2D eigenvalue weighted by atomic mass is 32.1. The molecule has 0 aliphatic rings. The molecule has 3 aromatic heterocycles. The fraction of sp³-hybridized carbons (Fsp3) is 0.226. The number of aromatic nitrogens is 4. The van der Waals surface area contributed by atoms with E-state index in [1.54, 1.807) is 35.2 Å². The van der Waals surface area contributed by atoms with Gasteiger partial charge < -0.3 is 5.11 Å². The summed E-state index contributed by atoms with van der Waals surface area (Å²) in [4.78, 5) is 27.3. The average Bonchev–Trinajstić information content (AvgIpc) is 3.37. The van der Waals surface area contributed by atoms with E-state index in [9.17, 15) is 9.90 Å². The zero-order valence-corrected chi connectivity index (χ0v) is 23.1. The number of aryl methyl sites for hydroxylation is 4. The first-order chi connectivity index (χ1) is 18.8. The lowest BCUT2D eigenvalue weighted by Crippen LogP contribution is -2.27. The van der Waals surface area contributed by atoms with E-state index in [1.807, 2.05) is 51.3 Å². The summed E-state index contributed by atoms with van der Waals surface area (Å²) in [5, 5.41) is 13.7. The Balaban J connectivity index is 1.68. The van der Waals surface area contributed by atoms with Gasteiger partial charge in [0.15, 0.2) is 5.82 Å². The maximum Gasteiger partial charge on any atom is 0.265 e. The van der Waals surface area contributed by atoms with E-state index in [0.29, 0.717) is 29.7 Å². The molecule has 0 amide bonds. The summed E-state index contributed by atoms with van der Waals surface area (Å²) in [6.45, 7) is 7.85. The van der Waals surface area contributed by atoms with Gasteiger partial charge in [0.05, 0.1) is 16.3 Å². The van der Waals surface area contributed by atoms with E-state index >= 15 is 4.39 Å². The molecule has 6 nitrogen and oxygen atoms in total. The first-order valence-corrected chi connectivity index (χ1v) is 13.8. The van der Waals surface area contributed by atoms with Gasteiger partial charge in [0.25, 0.3) is 5.56 Å². The SMILES string of the molecule is CCc1cccc(CC)c1-n1c(-c2csc(C)n2)nc(O)c(Cc2ccc(-c3ccncc3C)c(F)c2)c1=O. The second kappa shape index (κ2) is 10.9. The lowest BCUT2D eigenvalue weighted by Gasteiger charge is -2.19. The van der Waals surface area contributed by atoms with E-state index in [-0.39, 0.29) is 23.7 Å². The zero-order valence-electron chi connectivity index (χ0n) is 22.3. The highest BCUT2D eigenvalue weighted by molar-refractivity contribution is 7.09. The minimum absolute atomic E-state index is 0.0241. The van der Waals surface area contributed by atoms with Crippen LogP contribution in [0, 0.1) is 19.7 Å². The highest BCUT2D eigenvalue weighted by Gasteiger charge is 2.23. The van der Waals surface area contributed by atoms with Crippen molar-refractivity contribution in [2.45, 2.75) is 47.0 Å². The Labute approximate surface area is 230 Å². The van der Waals surface area contributed by atoms with Crippen LogP contribution in [0.5, 0.6) is 5.88 Å². The number of nitrogens with zero attached hydrogens (tertiary/aromatic N) is 4. The molecule has 1 N–H and O–H groups in total. The Kier molecular flexibility index (Phi) is 7.39. The van der Waals surface area contributed by atoms with Crippen LogP contribution in [0.2, 0.25) is 0 Å². The van der Waals surface area contributed by atoms with Crippen LogP contribution in [0.3, 0.4) is 0 Å². The van der Waals surface area contributed by atoms with Gasteiger partial charge in [-0.25, -0.2) is 9.37 Å². The lowest BCUT2D eigenvalue weighted by atomic mass is 9.98. The van der Waals surface area contributed by atoms with E-state index in [1.165, 1.54) is 17.4 Å². The monoisotopic (exact) mass is 540 g/mol. The Morgan fingerprint density at radius 3 is 2.36 bits per heavy atom. The molecule has 3 heterocycles. The molecule has 0 atom stereocenters. The Hall–Kier alpha value is -4.17. The van der Waals surface area contributed by atoms with Gasteiger partial charge in [0, 0.05) is 29.8 Å². The predicted molar refractivity (Wildman–Crippen MR) is 153 cm³/mol. The summed E-state index contributed by atoms with van der Waals surface area (Å²) >= 11 is 1.45. The molecule has 8 heteroatoms. The third-order valence-electron chi connectivity index (χ3n) is 6.92. The van der Waals surface area contributed by atoms with Crippen molar-refractivity contribution in [2.24, 2.45) is 0 Å². The van der Waals surface area contributed by atoms with Crippen LogP contribution in [0.15, 0.2) is 65.0 Å². The molecule has 5 aromatic rings. The van der Waals surface area contributed by atoms with E-state index in [2.05, 4.69) is 15.0 Å². The standard InChI is InChI=1S/C31H29FN4O2S/c1-5-21-8-7-9-22(6-2)28(21)36-29(27-17-39-19(4)34-27)35-30(37)25(31(36)38)14-20-10-11-24(26(32)15-20)23-12-13-33-16-18(23)3/h7-13,15-17,37H,5-6,14H2,1-4H3. The Bertz CT molecular complexity index is 1720. The number of para-hydroxylation sites is 1. The molecule has 0 radical (unpaired) electrons. The van der Waals surface area contributed by atoms with Crippen LogP contribution in [0.1, 0.15) is 46.7 Å². The number of hydrogen-bond acceptors (Lipinski definition) is 6. The summed E-state index contributed by atoms with van der Waals surface area (Å²) in [6, 6.07) is 12.6. The molecule has 198 valence electrons. The predicted octanol–water partition coefficient (Wildman–Crippen LogP) is 6.60. The minimum atomic E-state index is -0.409. The van der Waals surface area contributed by atoms with Gasteiger partial charge in [-0.1, -0.05) is 44.2 Å². The van der Waals surface area contributed by atoms with Gasteiger partial charge in [-0.05, 0) is 66.6 Å². The van der Waals surface area contributed by atoms with Gasteiger partial charge in [-0.3, -0.25) is 14.3 Å². The number of halogens is 1. The number of benzene rings is 2. The van der Waals surface area contributed by atoms with Crippen LogP contribution in [0.25, 0.3) is 28.3 Å². The molecular formula is C31H29FN4O2S. The van der Waals surface area contributed by atoms with Crippen molar-refractivity contribution >= 4 is 11.3 Å². The molecule has 0 bridgehead atoms. The van der Waals surface area contributed by atoms with Crippen molar-refractivity contribution in [1.82, 2.24) is 19.5 Å². The largest absolute Gasteiger partial charge is 0.493 e. The maximum absolute atomic E-state index is 15.3. The molecule has 39 heavy (non-hydrogen) atoms. The van der Waals surface area contributed by atoms with Crippen LogP contribution in [-0.4, -0.2) is 24.6 Å². The van der Waals surface area contributed by atoms with Crippen molar-refractivity contribution in [2.75, 3.05) is 0 Å². The van der Waals surface area contributed by atoms with Crippen LogP contribution in [0.4, 0.5) is 4.39 Å². The number of thiazole rings is 1. The smallest absolute Gasteiger partial charge is 0.265 e. The number of pyridine rings is 1. The lowest BCUT2D eigenvalue weighted by molar-refractivity contribution is 0.443. The molecule has 0 aliphatic carbocycles. The van der Waals surface area contributed by atoms with E-state index in [4.69, 9.17) is 0 Å². The van der Waals surface area contributed by atoms with Gasteiger partial charge >= 0.3 is 0 Å². The molecule has 0 fully saturated rings. The summed E-state index contributed by atoms with van der Waals surface area (Å²) < 4.78 is 16.8. The molecule has 0 spiro atoms. The highest BCUT2D eigenvalue weighted by Crippen LogP contribution is 2.31. The van der Waals surface area contributed by atoms with E-state index < -0.39 is 11.4 Å². The van der Waals surface area contributed by atoms with Crippen LogP contribution in [-0.2, 0) is 19.3 Å². The van der Waals surface area contributed by atoms with Crippen LogP contribution >= 0.6 is 11.3 Å². The first kappa shape index (κ1) is 26.4. The fourth-order valence-corrected chi connectivity index (χ4v) is 5.51. The fourth-order valence-electron chi connectivity index (χ4n) is 4.91. The molecule has 0 saturated heterocycles. The minimum Gasteiger partial charge on any atom is -0.493 e. The maximum atomic E-state index is 15.3.